The number of hydrogen-bond donors (Lipinski definition) is 3. The van der Waals surface area contributed by atoms with E-state index in [1.165, 1.54) is 6.08 Å². The van der Waals surface area contributed by atoms with Gasteiger partial charge in [-0.15, -0.1) is 0 Å². The van der Waals surface area contributed by atoms with E-state index in [2.05, 4.69) is 10.6 Å². The Labute approximate surface area is 152 Å². The van der Waals surface area contributed by atoms with Crippen LogP contribution in [-0.4, -0.2) is 27.4 Å². The summed E-state index contributed by atoms with van der Waals surface area (Å²) in [5.74, 6) is -0.408. The van der Waals surface area contributed by atoms with Gasteiger partial charge in [-0.05, 0) is 36.6 Å². The first kappa shape index (κ1) is 18.1. The van der Waals surface area contributed by atoms with Gasteiger partial charge >= 0.3 is 0 Å². The fourth-order valence-corrected chi connectivity index (χ4v) is 4.55. The van der Waals surface area contributed by atoms with Gasteiger partial charge in [0.05, 0.1) is 11.3 Å². The molecule has 134 valence electrons. The van der Waals surface area contributed by atoms with Crippen LogP contribution < -0.4 is 15.8 Å². The van der Waals surface area contributed by atoms with Gasteiger partial charge in [0.1, 0.15) is 0 Å². The van der Waals surface area contributed by atoms with Crippen molar-refractivity contribution in [2.45, 2.75) is 12.8 Å². The molecule has 0 spiro atoms. The second kappa shape index (κ2) is 7.29. The van der Waals surface area contributed by atoms with Gasteiger partial charge in [-0.3, -0.25) is 4.79 Å². The molecule has 1 heterocycles. The zero-order chi connectivity index (χ0) is 18.0. The molecule has 0 aromatic heterocycles. The predicted octanol–water partition coefficient (Wildman–Crippen LogP) is 1.29. The standard InChI is InChI=1S/C17H20ClN3O3S/c18-15-4-2-1-3-11(15)8-17(22)21-13-7-12-10-20-6-5-14(12)16(9-13)25(19,23)24/h1-4,7,9,12,14,20H,5-6,8,10H2,(H,21,22)(H2,19,23,24). The molecule has 1 aromatic rings. The van der Waals surface area contributed by atoms with Crippen molar-refractivity contribution >= 4 is 27.5 Å². The molecule has 1 aliphatic carbocycles. The largest absolute Gasteiger partial charge is 0.326 e. The molecule has 3 rings (SSSR count). The zero-order valence-corrected chi connectivity index (χ0v) is 15.1. The number of carbonyl (C=O) groups excluding carboxylic acids is 1. The Hall–Kier alpha value is -1.67. The van der Waals surface area contributed by atoms with Crippen LogP contribution in [0.25, 0.3) is 0 Å². The highest BCUT2D eigenvalue weighted by molar-refractivity contribution is 7.93. The van der Waals surface area contributed by atoms with Crippen LogP contribution in [0.2, 0.25) is 5.02 Å². The van der Waals surface area contributed by atoms with Gasteiger partial charge in [0, 0.05) is 23.2 Å². The van der Waals surface area contributed by atoms with Crippen LogP contribution in [0.3, 0.4) is 0 Å². The highest BCUT2D eigenvalue weighted by atomic mass is 35.5. The van der Waals surface area contributed by atoms with Crippen molar-refractivity contribution in [1.29, 1.82) is 0 Å². The molecule has 1 amide bonds. The lowest BCUT2D eigenvalue weighted by molar-refractivity contribution is -0.119. The van der Waals surface area contributed by atoms with Crippen LogP contribution in [0.4, 0.5) is 0 Å². The molecule has 8 heteroatoms. The van der Waals surface area contributed by atoms with Gasteiger partial charge in [0.25, 0.3) is 0 Å². The minimum absolute atomic E-state index is 0.0114. The Kier molecular flexibility index (Phi) is 5.29. The van der Waals surface area contributed by atoms with Crippen LogP contribution in [0, 0.1) is 11.8 Å². The van der Waals surface area contributed by atoms with Gasteiger partial charge in [-0.25, -0.2) is 13.6 Å². The molecule has 1 aromatic carbocycles. The van der Waals surface area contributed by atoms with Crippen molar-refractivity contribution in [3.05, 3.63) is 57.6 Å². The molecule has 2 aliphatic rings. The minimum Gasteiger partial charge on any atom is -0.326 e. The smallest absolute Gasteiger partial charge is 0.234 e. The number of nitrogens with two attached hydrogens (primary N) is 1. The monoisotopic (exact) mass is 381 g/mol. The number of primary sulfonamides is 1. The molecule has 0 bridgehead atoms. The predicted molar refractivity (Wildman–Crippen MR) is 97.0 cm³/mol. The molecule has 2 unspecified atom stereocenters. The number of fused-ring (bicyclic) bond motifs is 1. The first-order valence-electron chi connectivity index (χ1n) is 8.05. The maximum atomic E-state index is 12.3. The molecule has 25 heavy (non-hydrogen) atoms. The second-order valence-corrected chi connectivity index (χ2v) is 8.26. The summed E-state index contributed by atoms with van der Waals surface area (Å²) >= 11 is 6.07. The molecule has 0 saturated carbocycles. The molecule has 0 radical (unpaired) electrons. The zero-order valence-electron chi connectivity index (χ0n) is 13.5. The van der Waals surface area contributed by atoms with Gasteiger partial charge in [0.2, 0.25) is 15.9 Å². The summed E-state index contributed by atoms with van der Waals surface area (Å²) in [6, 6.07) is 7.11. The van der Waals surface area contributed by atoms with E-state index >= 15 is 0 Å². The number of piperidine rings is 1. The van der Waals surface area contributed by atoms with Gasteiger partial charge in [-0.2, -0.15) is 0 Å². The van der Waals surface area contributed by atoms with Crippen molar-refractivity contribution in [3.63, 3.8) is 0 Å². The molecular weight excluding hydrogens is 362 g/mol. The molecule has 2 atom stereocenters. The van der Waals surface area contributed by atoms with E-state index in [0.29, 0.717) is 29.2 Å². The SMILES string of the molecule is NS(=O)(=O)C1=CC(NC(=O)Cc2ccccc2Cl)=CC2CNCCC12. The maximum absolute atomic E-state index is 12.3. The van der Waals surface area contributed by atoms with Crippen molar-refractivity contribution in [2.24, 2.45) is 17.0 Å². The van der Waals surface area contributed by atoms with E-state index in [1.54, 1.807) is 18.2 Å². The van der Waals surface area contributed by atoms with Crippen LogP contribution in [0.15, 0.2) is 47.0 Å². The number of sulfonamides is 1. The Balaban J connectivity index is 1.79. The highest BCUT2D eigenvalue weighted by Crippen LogP contribution is 2.34. The Morgan fingerprint density at radius 1 is 1.36 bits per heavy atom. The number of halogens is 1. The third-order valence-electron chi connectivity index (χ3n) is 4.51. The minimum atomic E-state index is -3.81. The first-order valence-corrected chi connectivity index (χ1v) is 9.97. The summed E-state index contributed by atoms with van der Waals surface area (Å²) in [4.78, 5) is 12.5. The fraction of sp³-hybridized carbons (Fsp3) is 0.353. The normalized spacial score (nSPS) is 23.3. The van der Waals surface area contributed by atoms with E-state index in [9.17, 15) is 13.2 Å². The average molecular weight is 382 g/mol. The number of nitrogens with one attached hydrogen (secondary N) is 2. The van der Waals surface area contributed by atoms with E-state index in [-0.39, 0.29) is 29.1 Å². The van der Waals surface area contributed by atoms with Gasteiger partial charge in [-0.1, -0.05) is 35.9 Å². The molecule has 1 fully saturated rings. The topological polar surface area (TPSA) is 101 Å². The molecular formula is C17H20ClN3O3S. The lowest BCUT2D eigenvalue weighted by Gasteiger charge is -2.34. The van der Waals surface area contributed by atoms with Crippen LogP contribution >= 0.6 is 11.6 Å². The lowest BCUT2D eigenvalue weighted by atomic mass is 9.82. The Morgan fingerprint density at radius 3 is 2.84 bits per heavy atom. The third-order valence-corrected chi connectivity index (χ3v) is 5.95. The van der Waals surface area contributed by atoms with E-state index in [4.69, 9.17) is 16.7 Å². The Morgan fingerprint density at radius 2 is 2.12 bits per heavy atom. The van der Waals surface area contributed by atoms with Gasteiger partial charge in [0.15, 0.2) is 0 Å². The summed E-state index contributed by atoms with van der Waals surface area (Å²) in [6.45, 7) is 1.40. The van der Waals surface area contributed by atoms with Crippen LogP contribution in [-0.2, 0) is 21.2 Å². The number of benzene rings is 1. The van der Waals surface area contributed by atoms with Crippen LogP contribution in [0.5, 0.6) is 0 Å². The average Bonchev–Trinajstić information content (AvgIpc) is 2.55. The van der Waals surface area contributed by atoms with E-state index in [0.717, 1.165) is 6.54 Å². The van der Waals surface area contributed by atoms with E-state index < -0.39 is 10.0 Å². The Bertz CT molecular complexity index is 848. The quantitative estimate of drug-likeness (QED) is 0.731. The summed E-state index contributed by atoms with van der Waals surface area (Å²) in [5.41, 5.74) is 1.18. The number of hydrogen-bond acceptors (Lipinski definition) is 4. The highest BCUT2D eigenvalue weighted by Gasteiger charge is 2.35. The summed E-state index contributed by atoms with van der Waals surface area (Å²) in [6.07, 6.45) is 4.19. The molecule has 1 aliphatic heterocycles. The number of carbonyl (C=O) groups is 1. The first-order chi connectivity index (χ1) is 11.8. The summed E-state index contributed by atoms with van der Waals surface area (Å²) in [5, 5.41) is 11.9. The van der Waals surface area contributed by atoms with Crippen molar-refractivity contribution in [3.8, 4) is 0 Å². The van der Waals surface area contributed by atoms with Gasteiger partial charge < -0.3 is 10.6 Å². The van der Waals surface area contributed by atoms with Crippen molar-refractivity contribution < 1.29 is 13.2 Å². The maximum Gasteiger partial charge on any atom is 0.234 e. The molecule has 4 N–H and O–H groups in total. The van der Waals surface area contributed by atoms with Crippen molar-refractivity contribution in [2.75, 3.05) is 13.1 Å². The molecule has 6 nitrogen and oxygen atoms in total. The van der Waals surface area contributed by atoms with E-state index in [1.807, 2.05) is 12.1 Å². The van der Waals surface area contributed by atoms with Crippen LogP contribution in [0.1, 0.15) is 12.0 Å². The summed E-state index contributed by atoms with van der Waals surface area (Å²) < 4.78 is 23.9. The lowest BCUT2D eigenvalue weighted by Crippen LogP contribution is -2.41. The second-order valence-electron chi connectivity index (χ2n) is 6.29. The molecule has 1 saturated heterocycles. The number of rotatable bonds is 4. The third kappa shape index (κ3) is 4.30. The fourth-order valence-electron chi connectivity index (χ4n) is 3.34. The summed E-state index contributed by atoms with van der Waals surface area (Å²) in [7, 11) is -3.81. The number of amides is 1. The van der Waals surface area contributed by atoms with Crippen molar-refractivity contribution in [1.82, 2.24) is 10.6 Å². The number of allylic oxidation sites excluding steroid dienone is 2.